The molecule has 0 fully saturated rings. The number of nitrogens with zero attached hydrogens (tertiary/aromatic N) is 1. The number of nitro groups is 1. The van der Waals surface area contributed by atoms with Crippen molar-refractivity contribution in [2.24, 2.45) is 11.1 Å². The van der Waals surface area contributed by atoms with Crippen molar-refractivity contribution in [1.29, 1.82) is 0 Å². The predicted molar refractivity (Wildman–Crippen MR) is 99.8 cm³/mol. The van der Waals surface area contributed by atoms with E-state index < -0.39 is 16.8 Å². The van der Waals surface area contributed by atoms with Gasteiger partial charge in [0.05, 0.1) is 17.4 Å². The van der Waals surface area contributed by atoms with E-state index in [0.717, 1.165) is 0 Å². The van der Waals surface area contributed by atoms with Gasteiger partial charge in [-0.25, -0.2) is 4.79 Å². The lowest BCUT2D eigenvalue weighted by molar-refractivity contribution is -0.384. The molecular formula is C20H22N2O6. The Morgan fingerprint density at radius 1 is 1.32 bits per heavy atom. The van der Waals surface area contributed by atoms with E-state index in [0.29, 0.717) is 29.7 Å². The van der Waals surface area contributed by atoms with E-state index in [9.17, 15) is 19.7 Å². The van der Waals surface area contributed by atoms with E-state index in [-0.39, 0.29) is 34.9 Å². The van der Waals surface area contributed by atoms with Crippen LogP contribution in [0, 0.1) is 15.5 Å². The number of nitrogens with two attached hydrogens (primary N) is 1. The Labute approximate surface area is 162 Å². The number of Topliss-reactive ketones (excluding diaryl/α,β-unsaturated/α-hetero) is 1. The third-order valence-electron chi connectivity index (χ3n) is 4.91. The molecule has 0 bridgehead atoms. The van der Waals surface area contributed by atoms with Crippen LogP contribution in [-0.2, 0) is 19.1 Å². The number of esters is 1. The molecule has 2 N–H and O–H groups in total. The number of ether oxygens (including phenoxy) is 2. The predicted octanol–water partition coefficient (Wildman–Crippen LogP) is 3.09. The van der Waals surface area contributed by atoms with Gasteiger partial charge in [0.15, 0.2) is 5.78 Å². The van der Waals surface area contributed by atoms with Gasteiger partial charge in [0, 0.05) is 24.1 Å². The fourth-order valence-corrected chi connectivity index (χ4v) is 3.67. The first-order valence-electron chi connectivity index (χ1n) is 9.00. The Bertz CT molecular complexity index is 911. The first kappa shape index (κ1) is 19.6. The van der Waals surface area contributed by atoms with E-state index >= 15 is 0 Å². The first-order valence-corrected chi connectivity index (χ1v) is 9.00. The lowest BCUT2D eigenvalue weighted by Gasteiger charge is -2.22. The molecule has 28 heavy (non-hydrogen) atoms. The van der Waals surface area contributed by atoms with Crippen LogP contribution in [0.3, 0.4) is 0 Å². The van der Waals surface area contributed by atoms with Crippen LogP contribution >= 0.6 is 0 Å². The average Bonchev–Trinajstić information content (AvgIpc) is 2.88. The fourth-order valence-electron chi connectivity index (χ4n) is 3.67. The summed E-state index contributed by atoms with van der Waals surface area (Å²) in [5, 5.41) is 10.9. The first-order chi connectivity index (χ1) is 13.1. The topological polar surface area (TPSA) is 122 Å². The second-order valence-electron chi connectivity index (χ2n) is 7.67. The Hall–Kier alpha value is -3.16. The SMILES string of the molecule is CCOC(=O)C1=C(N)OC2=C(CC(C)(C)C2)C(=O)C1c1ccc([N+](=O)[O-])cc1. The fraction of sp³-hybridized carbons (Fsp3) is 0.400. The second-order valence-corrected chi connectivity index (χ2v) is 7.67. The van der Waals surface area contributed by atoms with Crippen LogP contribution in [0.5, 0.6) is 0 Å². The molecule has 1 aliphatic heterocycles. The second kappa shape index (κ2) is 7.10. The van der Waals surface area contributed by atoms with E-state index in [1.54, 1.807) is 6.92 Å². The molecule has 8 nitrogen and oxygen atoms in total. The van der Waals surface area contributed by atoms with Gasteiger partial charge in [-0.2, -0.15) is 0 Å². The monoisotopic (exact) mass is 386 g/mol. The number of allylic oxidation sites excluding steroid dienone is 2. The maximum Gasteiger partial charge on any atom is 0.340 e. The van der Waals surface area contributed by atoms with Crippen molar-refractivity contribution >= 4 is 17.4 Å². The normalized spacial score (nSPS) is 21.1. The van der Waals surface area contributed by atoms with Crippen LogP contribution in [0.4, 0.5) is 5.69 Å². The number of ketones is 1. The highest BCUT2D eigenvalue weighted by Crippen LogP contribution is 2.47. The molecule has 1 atom stereocenters. The van der Waals surface area contributed by atoms with E-state index in [1.165, 1.54) is 24.3 Å². The Morgan fingerprint density at radius 3 is 2.54 bits per heavy atom. The minimum Gasteiger partial charge on any atom is -0.462 e. The van der Waals surface area contributed by atoms with Gasteiger partial charge in [0.1, 0.15) is 11.3 Å². The number of hydrogen-bond donors (Lipinski definition) is 1. The summed E-state index contributed by atoms with van der Waals surface area (Å²) >= 11 is 0. The van der Waals surface area contributed by atoms with Crippen LogP contribution in [0.25, 0.3) is 0 Å². The summed E-state index contributed by atoms with van der Waals surface area (Å²) in [6.07, 6.45) is 1.02. The highest BCUT2D eigenvalue weighted by molar-refractivity contribution is 6.09. The minimum atomic E-state index is -1.04. The third kappa shape index (κ3) is 3.49. The molecule has 0 amide bonds. The molecule has 0 spiro atoms. The van der Waals surface area contributed by atoms with Gasteiger partial charge in [0.2, 0.25) is 5.88 Å². The number of benzene rings is 1. The molecule has 0 aromatic heterocycles. The summed E-state index contributed by atoms with van der Waals surface area (Å²) in [7, 11) is 0. The lowest BCUT2D eigenvalue weighted by Crippen LogP contribution is -2.26. The number of carbonyl (C=O) groups is 2. The van der Waals surface area contributed by atoms with E-state index in [4.69, 9.17) is 15.2 Å². The van der Waals surface area contributed by atoms with Crippen molar-refractivity contribution in [1.82, 2.24) is 0 Å². The van der Waals surface area contributed by atoms with Gasteiger partial charge >= 0.3 is 5.97 Å². The van der Waals surface area contributed by atoms with Gasteiger partial charge in [-0.3, -0.25) is 14.9 Å². The highest BCUT2D eigenvalue weighted by atomic mass is 16.6. The molecule has 0 saturated heterocycles. The van der Waals surface area contributed by atoms with Crippen LogP contribution in [-0.4, -0.2) is 23.3 Å². The van der Waals surface area contributed by atoms with Gasteiger partial charge in [-0.1, -0.05) is 26.0 Å². The molecule has 2 aliphatic rings. The maximum absolute atomic E-state index is 13.4. The van der Waals surface area contributed by atoms with Crippen molar-refractivity contribution in [3.8, 4) is 0 Å². The Balaban J connectivity index is 2.13. The zero-order chi connectivity index (χ0) is 20.6. The lowest BCUT2D eigenvalue weighted by atomic mass is 9.82. The highest BCUT2D eigenvalue weighted by Gasteiger charge is 2.44. The van der Waals surface area contributed by atoms with E-state index in [1.807, 2.05) is 13.8 Å². The van der Waals surface area contributed by atoms with E-state index in [2.05, 4.69) is 0 Å². The van der Waals surface area contributed by atoms with Crippen molar-refractivity contribution in [2.45, 2.75) is 39.5 Å². The standard InChI is InChI=1S/C20H22N2O6/c1-4-27-19(24)16-15(11-5-7-12(8-6-11)22(25)26)17(23)13-9-20(2,3)10-14(13)28-18(16)21/h5-8,15H,4,9-10,21H2,1-3H3. The van der Waals surface area contributed by atoms with Crippen LogP contribution < -0.4 is 5.73 Å². The minimum absolute atomic E-state index is 0.0760. The number of hydrogen-bond acceptors (Lipinski definition) is 7. The van der Waals surface area contributed by atoms with Gasteiger partial charge in [-0.05, 0) is 24.3 Å². The van der Waals surface area contributed by atoms with Crippen LogP contribution in [0.15, 0.2) is 47.1 Å². The Morgan fingerprint density at radius 2 is 1.96 bits per heavy atom. The molecule has 8 heteroatoms. The molecule has 3 rings (SSSR count). The zero-order valence-corrected chi connectivity index (χ0v) is 16.0. The summed E-state index contributed by atoms with van der Waals surface area (Å²) in [5.74, 6) is -1.77. The van der Waals surface area contributed by atoms with Crippen molar-refractivity contribution in [2.75, 3.05) is 6.61 Å². The molecule has 1 unspecified atom stereocenters. The summed E-state index contributed by atoms with van der Waals surface area (Å²) < 4.78 is 10.8. The van der Waals surface area contributed by atoms with Crippen molar-refractivity contribution < 1.29 is 24.0 Å². The summed E-state index contributed by atoms with van der Waals surface area (Å²) in [4.78, 5) is 36.4. The third-order valence-corrected chi connectivity index (χ3v) is 4.91. The number of carbonyl (C=O) groups excluding carboxylic acids is 2. The van der Waals surface area contributed by atoms with Crippen LogP contribution in [0.1, 0.15) is 45.1 Å². The van der Waals surface area contributed by atoms with Gasteiger partial charge < -0.3 is 15.2 Å². The van der Waals surface area contributed by atoms with Gasteiger partial charge in [0.25, 0.3) is 5.69 Å². The molecule has 0 saturated carbocycles. The molecule has 1 heterocycles. The number of non-ortho nitro benzene ring substituents is 1. The summed E-state index contributed by atoms with van der Waals surface area (Å²) in [6, 6.07) is 5.50. The van der Waals surface area contributed by atoms with Crippen molar-refractivity contribution in [3.63, 3.8) is 0 Å². The Kier molecular flexibility index (Phi) is 4.97. The molecule has 148 valence electrons. The maximum atomic E-state index is 13.4. The number of nitro benzene ring substituents is 1. The quantitative estimate of drug-likeness (QED) is 0.479. The average molecular weight is 386 g/mol. The molecule has 1 aromatic carbocycles. The van der Waals surface area contributed by atoms with Crippen LogP contribution in [0.2, 0.25) is 0 Å². The molecule has 1 aromatic rings. The largest absolute Gasteiger partial charge is 0.462 e. The summed E-state index contributed by atoms with van der Waals surface area (Å²) in [6.45, 7) is 5.79. The smallest absolute Gasteiger partial charge is 0.340 e. The summed E-state index contributed by atoms with van der Waals surface area (Å²) in [5.41, 5.74) is 6.65. The van der Waals surface area contributed by atoms with Crippen molar-refractivity contribution in [3.05, 3.63) is 62.7 Å². The van der Waals surface area contributed by atoms with Gasteiger partial charge in [-0.15, -0.1) is 0 Å². The molecule has 0 radical (unpaired) electrons. The molecular weight excluding hydrogens is 364 g/mol. The molecule has 1 aliphatic carbocycles. The number of rotatable bonds is 4. The zero-order valence-electron chi connectivity index (χ0n) is 16.0.